The van der Waals surface area contributed by atoms with Gasteiger partial charge in [-0.1, -0.05) is 54.1 Å². The zero-order valence-electron chi connectivity index (χ0n) is 12.8. The van der Waals surface area contributed by atoms with Gasteiger partial charge in [0.25, 0.3) is 0 Å². The highest BCUT2D eigenvalue weighted by atomic mass is 35.5. The molecule has 1 N–H and O–H groups in total. The topological polar surface area (TPSA) is 33.1 Å². The number of fused-ring (bicyclic) bond motifs is 1. The van der Waals surface area contributed by atoms with Crippen molar-refractivity contribution in [3.63, 3.8) is 0 Å². The van der Waals surface area contributed by atoms with Gasteiger partial charge < -0.3 is 5.11 Å². The van der Waals surface area contributed by atoms with E-state index in [4.69, 9.17) is 16.6 Å². The number of hydrogen-bond donors (Lipinski definition) is 1. The molecule has 0 radical (unpaired) electrons. The standard InChI is InChI=1S/C21H14ClNO/c22-16-9-10-20-19(12-16)18(14-5-2-1-3-6-14)13-21(23-20)15-7-4-8-17(24)11-15/h1-13,24H. The second-order valence-corrected chi connectivity index (χ2v) is 6.07. The van der Waals surface area contributed by atoms with Crippen LogP contribution in [0.4, 0.5) is 0 Å². The van der Waals surface area contributed by atoms with Crippen molar-refractivity contribution in [3.05, 3.63) is 83.9 Å². The lowest BCUT2D eigenvalue weighted by Crippen LogP contribution is -1.90. The van der Waals surface area contributed by atoms with E-state index in [0.29, 0.717) is 5.02 Å². The van der Waals surface area contributed by atoms with Crippen molar-refractivity contribution < 1.29 is 5.11 Å². The van der Waals surface area contributed by atoms with Crippen LogP contribution in [0.1, 0.15) is 0 Å². The Morgan fingerprint density at radius 3 is 2.33 bits per heavy atom. The van der Waals surface area contributed by atoms with E-state index in [2.05, 4.69) is 12.1 Å². The second-order valence-electron chi connectivity index (χ2n) is 5.63. The molecule has 1 heterocycles. The minimum absolute atomic E-state index is 0.228. The number of pyridine rings is 1. The quantitative estimate of drug-likeness (QED) is 0.494. The molecule has 4 rings (SSSR count). The summed E-state index contributed by atoms with van der Waals surface area (Å²) in [5, 5.41) is 11.5. The summed E-state index contributed by atoms with van der Waals surface area (Å²) < 4.78 is 0. The molecule has 0 aliphatic heterocycles. The van der Waals surface area contributed by atoms with E-state index in [-0.39, 0.29) is 5.75 Å². The Labute approximate surface area is 145 Å². The normalized spacial score (nSPS) is 10.9. The summed E-state index contributed by atoms with van der Waals surface area (Å²) in [5.41, 5.74) is 4.75. The van der Waals surface area contributed by atoms with Gasteiger partial charge in [-0.05, 0) is 47.5 Å². The molecule has 0 aliphatic carbocycles. The fourth-order valence-electron chi connectivity index (χ4n) is 2.87. The minimum Gasteiger partial charge on any atom is -0.508 e. The van der Waals surface area contributed by atoms with Crippen LogP contribution >= 0.6 is 11.6 Å². The lowest BCUT2D eigenvalue weighted by atomic mass is 9.98. The molecule has 3 heteroatoms. The first-order valence-corrected chi connectivity index (χ1v) is 8.04. The monoisotopic (exact) mass is 331 g/mol. The summed E-state index contributed by atoms with van der Waals surface area (Å²) in [6.07, 6.45) is 0. The van der Waals surface area contributed by atoms with Gasteiger partial charge >= 0.3 is 0 Å². The van der Waals surface area contributed by atoms with Crippen molar-refractivity contribution >= 4 is 22.5 Å². The molecule has 2 nitrogen and oxygen atoms in total. The summed E-state index contributed by atoms with van der Waals surface area (Å²) in [6.45, 7) is 0. The number of phenols is 1. The first-order chi connectivity index (χ1) is 11.7. The van der Waals surface area contributed by atoms with Gasteiger partial charge in [0.05, 0.1) is 11.2 Å². The third-order valence-electron chi connectivity index (χ3n) is 4.00. The number of aromatic hydroxyl groups is 1. The Morgan fingerprint density at radius 1 is 0.750 bits per heavy atom. The molecule has 0 amide bonds. The number of hydrogen-bond acceptors (Lipinski definition) is 2. The van der Waals surface area contributed by atoms with E-state index in [1.54, 1.807) is 12.1 Å². The van der Waals surface area contributed by atoms with E-state index < -0.39 is 0 Å². The van der Waals surface area contributed by atoms with Gasteiger partial charge in [-0.15, -0.1) is 0 Å². The SMILES string of the molecule is Oc1cccc(-c2cc(-c3ccccc3)c3cc(Cl)ccc3n2)c1. The Hall–Kier alpha value is -2.84. The van der Waals surface area contributed by atoms with Gasteiger partial charge in [-0.2, -0.15) is 0 Å². The average Bonchev–Trinajstić information content (AvgIpc) is 2.61. The molecule has 0 atom stereocenters. The number of rotatable bonds is 2. The van der Waals surface area contributed by atoms with Crippen molar-refractivity contribution in [2.75, 3.05) is 0 Å². The number of aromatic nitrogens is 1. The Balaban J connectivity index is 2.03. The number of halogens is 1. The Morgan fingerprint density at radius 2 is 1.54 bits per heavy atom. The van der Waals surface area contributed by atoms with Gasteiger partial charge in [-0.3, -0.25) is 0 Å². The first-order valence-electron chi connectivity index (χ1n) is 7.66. The van der Waals surface area contributed by atoms with Crippen LogP contribution in [0, 0.1) is 0 Å². The van der Waals surface area contributed by atoms with Crippen LogP contribution in [0.25, 0.3) is 33.3 Å². The van der Waals surface area contributed by atoms with Crippen LogP contribution in [0.5, 0.6) is 5.75 Å². The van der Waals surface area contributed by atoms with E-state index >= 15 is 0 Å². The van der Waals surface area contributed by atoms with Gasteiger partial charge in [0, 0.05) is 16.0 Å². The van der Waals surface area contributed by atoms with Crippen molar-refractivity contribution in [1.29, 1.82) is 0 Å². The van der Waals surface area contributed by atoms with Gasteiger partial charge in [0.2, 0.25) is 0 Å². The molecule has 0 aliphatic rings. The fraction of sp³-hybridized carbons (Fsp3) is 0. The van der Waals surface area contributed by atoms with Crippen molar-refractivity contribution in [2.24, 2.45) is 0 Å². The zero-order valence-corrected chi connectivity index (χ0v) is 13.5. The highest BCUT2D eigenvalue weighted by Gasteiger charge is 2.10. The summed E-state index contributed by atoms with van der Waals surface area (Å²) in [4.78, 5) is 4.74. The minimum atomic E-state index is 0.228. The molecular formula is C21H14ClNO. The summed E-state index contributed by atoms with van der Waals surface area (Å²) in [5.74, 6) is 0.228. The molecule has 0 unspecified atom stereocenters. The highest BCUT2D eigenvalue weighted by molar-refractivity contribution is 6.31. The fourth-order valence-corrected chi connectivity index (χ4v) is 3.04. The van der Waals surface area contributed by atoms with Gasteiger partial charge in [0.1, 0.15) is 5.75 Å². The Bertz CT molecular complexity index is 1030. The Kier molecular flexibility index (Phi) is 3.68. The molecule has 116 valence electrons. The lowest BCUT2D eigenvalue weighted by Gasteiger charge is -2.11. The molecule has 3 aromatic carbocycles. The summed E-state index contributed by atoms with van der Waals surface area (Å²) in [6, 6.07) is 25.1. The molecule has 0 fully saturated rings. The summed E-state index contributed by atoms with van der Waals surface area (Å²) in [7, 11) is 0. The predicted octanol–water partition coefficient (Wildman–Crippen LogP) is 5.93. The maximum Gasteiger partial charge on any atom is 0.116 e. The van der Waals surface area contributed by atoms with Crippen LogP contribution in [-0.4, -0.2) is 10.1 Å². The van der Waals surface area contributed by atoms with E-state index in [1.807, 2.05) is 54.6 Å². The van der Waals surface area contributed by atoms with Crippen molar-refractivity contribution in [1.82, 2.24) is 4.98 Å². The van der Waals surface area contributed by atoms with Crippen molar-refractivity contribution in [3.8, 4) is 28.1 Å². The van der Waals surface area contributed by atoms with Crippen LogP contribution in [0.15, 0.2) is 78.9 Å². The molecule has 0 saturated heterocycles. The third-order valence-corrected chi connectivity index (χ3v) is 4.23. The smallest absolute Gasteiger partial charge is 0.116 e. The molecule has 0 spiro atoms. The second kappa shape index (κ2) is 5.99. The molecule has 0 bridgehead atoms. The average molecular weight is 332 g/mol. The van der Waals surface area contributed by atoms with Crippen LogP contribution in [0.2, 0.25) is 5.02 Å². The first kappa shape index (κ1) is 14.7. The molecule has 1 aromatic heterocycles. The predicted molar refractivity (Wildman–Crippen MR) is 99.3 cm³/mol. The number of phenolic OH excluding ortho intramolecular Hbond substituents is 1. The molecular weight excluding hydrogens is 318 g/mol. The highest BCUT2D eigenvalue weighted by Crippen LogP contribution is 2.34. The maximum absolute atomic E-state index is 9.77. The van der Waals surface area contributed by atoms with Crippen LogP contribution < -0.4 is 0 Å². The van der Waals surface area contributed by atoms with Gasteiger partial charge in [-0.25, -0.2) is 4.98 Å². The van der Waals surface area contributed by atoms with E-state index in [9.17, 15) is 5.11 Å². The molecule has 0 saturated carbocycles. The summed E-state index contributed by atoms with van der Waals surface area (Å²) >= 11 is 6.19. The van der Waals surface area contributed by atoms with Crippen LogP contribution in [0.3, 0.4) is 0 Å². The molecule has 4 aromatic rings. The maximum atomic E-state index is 9.77. The number of nitrogens with zero attached hydrogens (tertiary/aromatic N) is 1. The van der Waals surface area contributed by atoms with Gasteiger partial charge in [0.15, 0.2) is 0 Å². The van der Waals surface area contributed by atoms with Crippen molar-refractivity contribution in [2.45, 2.75) is 0 Å². The molecule has 24 heavy (non-hydrogen) atoms. The third kappa shape index (κ3) is 2.72. The zero-order chi connectivity index (χ0) is 16.5. The largest absolute Gasteiger partial charge is 0.508 e. The van der Waals surface area contributed by atoms with Crippen LogP contribution in [-0.2, 0) is 0 Å². The lowest BCUT2D eigenvalue weighted by molar-refractivity contribution is 0.475. The van der Waals surface area contributed by atoms with E-state index in [1.165, 1.54) is 0 Å². The van der Waals surface area contributed by atoms with E-state index in [0.717, 1.165) is 33.3 Å². The number of benzene rings is 3.